The van der Waals surface area contributed by atoms with Gasteiger partial charge in [-0.15, -0.1) is 0 Å². The molecule has 2 aromatic heterocycles. The molecule has 3 aromatic rings. The number of nitrogens with zero attached hydrogens (tertiary/aromatic N) is 2. The Kier molecular flexibility index (Phi) is 6.13. The number of rotatable bonds is 8. The van der Waals surface area contributed by atoms with E-state index in [4.69, 9.17) is 10.2 Å². The van der Waals surface area contributed by atoms with Gasteiger partial charge in [0.15, 0.2) is 11.8 Å². The number of carbonyl (C=O) groups excluding carboxylic acids is 1. The van der Waals surface area contributed by atoms with Crippen molar-refractivity contribution < 1.29 is 14.5 Å². The molecule has 1 aromatic carbocycles. The highest BCUT2D eigenvalue weighted by Crippen LogP contribution is 2.18. The Morgan fingerprint density at radius 2 is 1.90 bits per heavy atom. The molecule has 0 radical (unpaired) electrons. The summed E-state index contributed by atoms with van der Waals surface area (Å²) in [4.78, 5) is 37.8. The van der Waals surface area contributed by atoms with E-state index in [9.17, 15) is 14.4 Å². The highest BCUT2D eigenvalue weighted by molar-refractivity contribution is 6.00. The van der Waals surface area contributed by atoms with Crippen LogP contribution in [0.3, 0.4) is 0 Å². The molecule has 4 N–H and O–H groups in total. The Morgan fingerprint density at radius 3 is 2.52 bits per heavy atom. The number of aromatic nitrogens is 2. The molecule has 0 amide bonds. The molecule has 0 unspecified atom stereocenters. The van der Waals surface area contributed by atoms with Gasteiger partial charge in [-0.1, -0.05) is 37.3 Å². The average molecular weight is 397 g/mol. The molecule has 8 heteroatoms. The summed E-state index contributed by atoms with van der Waals surface area (Å²) >= 11 is 0. The molecule has 0 fully saturated rings. The number of anilines is 1. The van der Waals surface area contributed by atoms with E-state index < -0.39 is 17.0 Å². The van der Waals surface area contributed by atoms with E-state index in [2.05, 4.69) is 0 Å². The molecular weight excluding hydrogens is 372 g/mol. The van der Waals surface area contributed by atoms with Crippen LogP contribution in [0.5, 0.6) is 0 Å². The van der Waals surface area contributed by atoms with E-state index in [0.29, 0.717) is 18.7 Å². The predicted octanol–water partition coefficient (Wildman–Crippen LogP) is 0.668. The minimum absolute atomic E-state index is 0.0238. The van der Waals surface area contributed by atoms with Crippen molar-refractivity contribution in [2.45, 2.75) is 25.9 Å². The van der Waals surface area contributed by atoms with Crippen LogP contribution in [0, 0.1) is 0 Å². The highest BCUT2D eigenvalue weighted by Gasteiger charge is 2.26. The fourth-order valence-corrected chi connectivity index (χ4v) is 3.36. The maximum absolute atomic E-state index is 12.9. The quantitative estimate of drug-likeness (QED) is 0.542. The van der Waals surface area contributed by atoms with Gasteiger partial charge in [-0.2, -0.15) is 0 Å². The topological polar surface area (TPSA) is 117 Å². The summed E-state index contributed by atoms with van der Waals surface area (Å²) in [6.07, 6.45) is 2.23. The molecule has 8 nitrogen and oxygen atoms in total. The van der Waals surface area contributed by atoms with Gasteiger partial charge < -0.3 is 15.5 Å². The van der Waals surface area contributed by atoms with Gasteiger partial charge in [0, 0.05) is 19.2 Å². The standard InChI is InChI=1S/C21H24N4O4/c1-3-11-25-19(22)17(20(27)24(2)21(25)28)15(26)13-23-18(16-10-7-12-29-16)14-8-5-4-6-9-14/h4-10,12,18,23H,3,11,13,22H2,1-2H3/p+1/t18-/m0/s1. The molecule has 0 aliphatic carbocycles. The van der Waals surface area contributed by atoms with E-state index in [1.807, 2.05) is 43.3 Å². The Labute approximate surface area is 167 Å². The summed E-state index contributed by atoms with van der Waals surface area (Å²) in [5.41, 5.74) is 5.67. The lowest BCUT2D eigenvalue weighted by molar-refractivity contribution is -0.677. The van der Waals surface area contributed by atoms with E-state index in [0.717, 1.165) is 10.1 Å². The van der Waals surface area contributed by atoms with Crippen LogP contribution in [0.1, 0.15) is 41.1 Å². The summed E-state index contributed by atoms with van der Waals surface area (Å²) in [6.45, 7) is 2.20. The Bertz CT molecular complexity index is 1100. The third-order valence-electron chi connectivity index (χ3n) is 4.86. The molecule has 0 bridgehead atoms. The first kappa shape index (κ1) is 20.3. The third-order valence-corrected chi connectivity index (χ3v) is 4.86. The second kappa shape index (κ2) is 8.74. The number of furan rings is 1. The number of nitrogens with two attached hydrogens (primary N) is 2. The van der Waals surface area contributed by atoms with Gasteiger partial charge in [-0.25, -0.2) is 4.79 Å². The number of Topliss-reactive ketones (excluding diaryl/α,β-unsaturated/α-hetero) is 1. The smallest absolute Gasteiger partial charge is 0.332 e. The molecule has 3 rings (SSSR count). The Hall–Kier alpha value is -3.39. The van der Waals surface area contributed by atoms with Gasteiger partial charge >= 0.3 is 5.69 Å². The number of quaternary nitrogens is 1. The van der Waals surface area contributed by atoms with Crippen molar-refractivity contribution in [1.82, 2.24) is 9.13 Å². The normalized spacial score (nSPS) is 12.1. The molecule has 0 saturated carbocycles. The first-order valence-electron chi connectivity index (χ1n) is 9.49. The van der Waals surface area contributed by atoms with Crippen molar-refractivity contribution in [2.24, 2.45) is 7.05 Å². The van der Waals surface area contributed by atoms with Crippen molar-refractivity contribution in [3.05, 3.63) is 86.5 Å². The number of benzene rings is 1. The zero-order valence-electron chi connectivity index (χ0n) is 16.5. The van der Waals surface area contributed by atoms with E-state index in [-0.39, 0.29) is 24.0 Å². The van der Waals surface area contributed by atoms with Crippen molar-refractivity contribution in [3.63, 3.8) is 0 Å². The van der Waals surface area contributed by atoms with Gasteiger partial charge in [-0.3, -0.25) is 18.7 Å². The summed E-state index contributed by atoms with van der Waals surface area (Å²) in [5, 5.41) is 1.80. The molecule has 0 spiro atoms. The number of hydrogen-bond acceptors (Lipinski definition) is 5. The van der Waals surface area contributed by atoms with Crippen molar-refractivity contribution in [2.75, 3.05) is 12.3 Å². The van der Waals surface area contributed by atoms with Crippen LogP contribution in [-0.2, 0) is 13.6 Å². The molecular formula is C21H25N4O4+. The molecule has 0 aliphatic heterocycles. The lowest BCUT2D eigenvalue weighted by atomic mass is 10.0. The lowest BCUT2D eigenvalue weighted by Gasteiger charge is -2.16. The van der Waals surface area contributed by atoms with Crippen LogP contribution >= 0.6 is 0 Å². The largest absolute Gasteiger partial charge is 0.463 e. The maximum Gasteiger partial charge on any atom is 0.332 e. The highest BCUT2D eigenvalue weighted by atomic mass is 16.3. The molecule has 152 valence electrons. The summed E-state index contributed by atoms with van der Waals surface area (Å²) in [5.74, 6) is 0.189. The zero-order chi connectivity index (χ0) is 21.0. The minimum Gasteiger partial charge on any atom is -0.463 e. The molecule has 0 aliphatic rings. The minimum atomic E-state index is -0.674. The van der Waals surface area contributed by atoms with E-state index in [1.165, 1.54) is 11.6 Å². The zero-order valence-corrected chi connectivity index (χ0v) is 16.5. The maximum atomic E-state index is 12.9. The Balaban J connectivity index is 1.92. The average Bonchev–Trinajstić information content (AvgIpc) is 3.25. The molecule has 29 heavy (non-hydrogen) atoms. The van der Waals surface area contributed by atoms with E-state index in [1.54, 1.807) is 17.6 Å². The number of carbonyl (C=O) groups is 1. The van der Waals surface area contributed by atoms with Crippen molar-refractivity contribution >= 4 is 11.6 Å². The monoisotopic (exact) mass is 397 g/mol. The van der Waals surface area contributed by atoms with Gasteiger partial charge in [-0.05, 0) is 18.6 Å². The van der Waals surface area contributed by atoms with Gasteiger partial charge in [0.05, 0.1) is 6.26 Å². The summed E-state index contributed by atoms with van der Waals surface area (Å²) < 4.78 is 7.75. The predicted molar refractivity (Wildman–Crippen MR) is 109 cm³/mol. The first-order valence-corrected chi connectivity index (χ1v) is 9.49. The van der Waals surface area contributed by atoms with Gasteiger partial charge in [0.1, 0.15) is 17.9 Å². The SMILES string of the molecule is CCCn1c(N)c(C(=O)C[NH2+][C@@H](c2ccccc2)c2ccco2)c(=O)n(C)c1=O. The molecule has 0 saturated heterocycles. The third kappa shape index (κ3) is 4.07. The van der Waals surface area contributed by atoms with Crippen LogP contribution < -0.4 is 22.3 Å². The van der Waals surface area contributed by atoms with Gasteiger partial charge in [0.25, 0.3) is 5.56 Å². The first-order chi connectivity index (χ1) is 14.0. The molecule has 1 atom stereocenters. The number of ketones is 1. The van der Waals surface area contributed by atoms with Gasteiger partial charge in [0.2, 0.25) is 5.78 Å². The van der Waals surface area contributed by atoms with Crippen LogP contribution in [-0.4, -0.2) is 21.5 Å². The van der Waals surface area contributed by atoms with Crippen LogP contribution in [0.2, 0.25) is 0 Å². The number of nitrogen functional groups attached to an aromatic ring is 1. The second-order valence-corrected chi connectivity index (χ2v) is 6.83. The van der Waals surface area contributed by atoms with Crippen LogP contribution in [0.15, 0.2) is 62.7 Å². The van der Waals surface area contributed by atoms with Crippen LogP contribution in [0.25, 0.3) is 0 Å². The fourth-order valence-electron chi connectivity index (χ4n) is 3.36. The summed E-state index contributed by atoms with van der Waals surface area (Å²) in [7, 11) is 1.35. The van der Waals surface area contributed by atoms with Crippen LogP contribution in [0.4, 0.5) is 5.82 Å². The number of hydrogen-bond donors (Lipinski definition) is 2. The van der Waals surface area contributed by atoms with E-state index >= 15 is 0 Å². The Morgan fingerprint density at radius 1 is 1.17 bits per heavy atom. The van der Waals surface area contributed by atoms with Crippen molar-refractivity contribution in [3.8, 4) is 0 Å². The summed E-state index contributed by atoms with van der Waals surface area (Å²) in [6, 6.07) is 13.0. The molecule has 2 heterocycles. The lowest BCUT2D eigenvalue weighted by Crippen LogP contribution is -2.87. The van der Waals surface area contributed by atoms with Crippen molar-refractivity contribution in [1.29, 1.82) is 0 Å². The fraction of sp³-hybridized carbons (Fsp3) is 0.286. The second-order valence-electron chi connectivity index (χ2n) is 6.83.